The lowest BCUT2D eigenvalue weighted by atomic mass is 10.3. The molecule has 2 aliphatic rings. The zero-order valence-electron chi connectivity index (χ0n) is 8.07. The van der Waals surface area contributed by atoms with Crippen LogP contribution in [0.25, 0.3) is 0 Å². The van der Waals surface area contributed by atoms with Gasteiger partial charge in [0.15, 0.2) is 0 Å². The lowest BCUT2D eigenvalue weighted by molar-refractivity contribution is 0.396. The van der Waals surface area contributed by atoms with Crippen LogP contribution >= 0.6 is 11.6 Å². The van der Waals surface area contributed by atoms with Crippen molar-refractivity contribution in [3.05, 3.63) is 0 Å². The molecule has 3 N–H and O–H groups in total. The first kappa shape index (κ1) is 9.73. The maximum Gasteiger partial charge on any atom is 0.222 e. The number of nitrogens with one attached hydrogen (secondary N) is 1. The highest BCUT2D eigenvalue weighted by Crippen LogP contribution is 2.33. The molecule has 2 rings (SSSR count). The molecule has 0 amide bonds. The van der Waals surface area contributed by atoms with Crippen LogP contribution in [0.3, 0.4) is 0 Å². The topological polar surface area (TPSA) is 66.0 Å². The van der Waals surface area contributed by atoms with Crippen molar-refractivity contribution in [1.29, 1.82) is 0 Å². The quantitative estimate of drug-likeness (QED) is 0.400. The molecule has 78 valence electrons. The summed E-state index contributed by atoms with van der Waals surface area (Å²) in [4.78, 5) is 8.43. The van der Waals surface area contributed by atoms with Gasteiger partial charge in [0.05, 0.1) is 0 Å². The Kier molecular flexibility index (Phi) is 2.60. The van der Waals surface area contributed by atoms with Crippen molar-refractivity contribution in [3.8, 4) is 0 Å². The van der Waals surface area contributed by atoms with Crippen LogP contribution in [-0.2, 0) is 0 Å². The predicted molar refractivity (Wildman–Crippen MR) is 56.9 cm³/mol. The first-order valence-corrected chi connectivity index (χ1v) is 5.24. The van der Waals surface area contributed by atoms with Gasteiger partial charge in [0.1, 0.15) is 5.84 Å². The predicted octanol–water partition coefficient (Wildman–Crippen LogP) is 0.472. The molecule has 0 radical (unpaired) electrons. The van der Waals surface area contributed by atoms with Gasteiger partial charge in [0.25, 0.3) is 0 Å². The molecule has 1 fully saturated rings. The number of nitrogens with two attached hydrogens (primary N) is 1. The summed E-state index contributed by atoms with van der Waals surface area (Å²) in [6.45, 7) is 2.78. The smallest absolute Gasteiger partial charge is 0.222 e. The Morgan fingerprint density at radius 1 is 1.64 bits per heavy atom. The zero-order chi connectivity index (χ0) is 10.1. The minimum atomic E-state index is -0.530. The maximum atomic E-state index is 5.96. The fraction of sp³-hybridized carbons (Fsp3) is 0.750. The summed E-state index contributed by atoms with van der Waals surface area (Å²) in [5, 5.41) is 4.49. The lowest BCUT2D eigenvalue weighted by Crippen LogP contribution is -2.47. The van der Waals surface area contributed by atoms with Crippen molar-refractivity contribution in [3.63, 3.8) is 0 Å². The Morgan fingerprint density at radius 2 is 2.36 bits per heavy atom. The summed E-state index contributed by atoms with van der Waals surface area (Å²) in [7, 11) is 0. The summed E-state index contributed by atoms with van der Waals surface area (Å²) in [5.74, 6) is 7.69. The van der Waals surface area contributed by atoms with Crippen LogP contribution in [0.5, 0.6) is 0 Å². The van der Waals surface area contributed by atoms with Gasteiger partial charge in [-0.3, -0.25) is 5.01 Å². The summed E-state index contributed by atoms with van der Waals surface area (Å²) >= 11 is 5.96. The van der Waals surface area contributed by atoms with Gasteiger partial charge < -0.3 is 5.32 Å². The third-order valence-corrected chi connectivity index (χ3v) is 2.53. The third kappa shape index (κ3) is 1.83. The average molecular weight is 216 g/mol. The maximum absolute atomic E-state index is 5.96. The van der Waals surface area contributed by atoms with E-state index < -0.39 is 5.62 Å². The first-order valence-electron chi connectivity index (χ1n) is 4.80. The number of hydrogen-bond donors (Lipinski definition) is 2. The van der Waals surface area contributed by atoms with E-state index in [0.29, 0.717) is 11.9 Å². The Morgan fingerprint density at radius 3 is 2.93 bits per heavy atom. The minimum absolute atomic E-state index is 0.477. The highest BCUT2D eigenvalue weighted by atomic mass is 35.5. The van der Waals surface area contributed by atoms with E-state index in [9.17, 15) is 0 Å². The SMILES string of the molecule is CCNC1=NC(Cl)N(N)C(C2CC2)=N1. The van der Waals surface area contributed by atoms with E-state index in [1.807, 2.05) is 6.92 Å². The molecule has 1 aliphatic heterocycles. The number of amidine groups is 1. The van der Waals surface area contributed by atoms with E-state index in [4.69, 9.17) is 17.4 Å². The normalized spacial score (nSPS) is 27.1. The van der Waals surface area contributed by atoms with E-state index in [0.717, 1.165) is 25.2 Å². The summed E-state index contributed by atoms with van der Waals surface area (Å²) in [6.07, 6.45) is 2.30. The van der Waals surface area contributed by atoms with Gasteiger partial charge in [0, 0.05) is 12.5 Å². The number of alkyl halides is 1. The van der Waals surface area contributed by atoms with Crippen LogP contribution in [-0.4, -0.2) is 29.0 Å². The highest BCUT2D eigenvalue weighted by molar-refractivity contribution is 6.22. The Balaban J connectivity index is 2.15. The monoisotopic (exact) mass is 215 g/mol. The van der Waals surface area contributed by atoms with Gasteiger partial charge in [-0.05, 0) is 19.8 Å². The van der Waals surface area contributed by atoms with E-state index in [-0.39, 0.29) is 0 Å². The molecule has 1 atom stereocenters. The molecular weight excluding hydrogens is 202 g/mol. The van der Waals surface area contributed by atoms with Crippen LogP contribution < -0.4 is 11.2 Å². The molecule has 1 unspecified atom stereocenters. The summed E-state index contributed by atoms with van der Waals surface area (Å²) in [6, 6.07) is 0. The Hall–Kier alpha value is -0.810. The van der Waals surface area contributed by atoms with Crippen molar-refractivity contribution in [2.75, 3.05) is 6.54 Å². The fourth-order valence-electron chi connectivity index (χ4n) is 1.35. The number of aliphatic imine (C=N–C) groups is 2. The Labute approximate surface area is 88.0 Å². The van der Waals surface area contributed by atoms with Crippen molar-refractivity contribution >= 4 is 23.4 Å². The molecule has 1 heterocycles. The molecule has 0 saturated heterocycles. The number of nitrogens with zero attached hydrogens (tertiary/aromatic N) is 3. The van der Waals surface area contributed by atoms with Gasteiger partial charge >= 0.3 is 0 Å². The second kappa shape index (κ2) is 3.74. The number of guanidine groups is 1. The molecule has 0 aromatic rings. The van der Waals surface area contributed by atoms with Crippen molar-refractivity contribution in [2.24, 2.45) is 21.7 Å². The molecule has 5 nitrogen and oxygen atoms in total. The molecule has 0 aromatic carbocycles. The van der Waals surface area contributed by atoms with Crippen LogP contribution in [0.4, 0.5) is 0 Å². The first-order chi connectivity index (χ1) is 6.72. The number of hydrogen-bond acceptors (Lipinski definition) is 5. The summed E-state index contributed by atoms with van der Waals surface area (Å²) < 4.78 is 0. The molecule has 14 heavy (non-hydrogen) atoms. The minimum Gasteiger partial charge on any atom is -0.355 e. The second-order valence-electron chi connectivity index (χ2n) is 3.45. The van der Waals surface area contributed by atoms with E-state index in [1.54, 1.807) is 0 Å². The molecular formula is C8H14ClN5. The van der Waals surface area contributed by atoms with Gasteiger partial charge in [-0.1, -0.05) is 11.6 Å². The van der Waals surface area contributed by atoms with Crippen LogP contribution in [0.1, 0.15) is 19.8 Å². The third-order valence-electron chi connectivity index (χ3n) is 2.22. The zero-order valence-corrected chi connectivity index (χ0v) is 8.83. The highest BCUT2D eigenvalue weighted by Gasteiger charge is 2.35. The van der Waals surface area contributed by atoms with Gasteiger partial charge in [-0.25, -0.2) is 10.8 Å². The number of hydrazine groups is 1. The van der Waals surface area contributed by atoms with Crippen LogP contribution in [0.2, 0.25) is 0 Å². The molecule has 0 bridgehead atoms. The standard InChI is InChI=1S/C8H14ClN5/c1-2-11-8-12-6(5-3-4-5)14(10)7(9)13-8/h5,7H,2-4,10H2,1H3,(H,11,13). The second-order valence-corrected chi connectivity index (χ2v) is 3.84. The van der Waals surface area contributed by atoms with E-state index >= 15 is 0 Å². The molecule has 0 spiro atoms. The molecule has 0 aromatic heterocycles. The summed E-state index contributed by atoms with van der Waals surface area (Å²) in [5.41, 5.74) is -0.530. The van der Waals surface area contributed by atoms with Crippen molar-refractivity contribution in [1.82, 2.24) is 10.3 Å². The van der Waals surface area contributed by atoms with Gasteiger partial charge in [0.2, 0.25) is 11.6 Å². The molecule has 1 aliphatic carbocycles. The van der Waals surface area contributed by atoms with Gasteiger partial charge in [-0.15, -0.1) is 0 Å². The van der Waals surface area contributed by atoms with Crippen LogP contribution in [0.15, 0.2) is 9.98 Å². The van der Waals surface area contributed by atoms with Gasteiger partial charge in [-0.2, -0.15) is 4.99 Å². The number of halogens is 1. The molecule has 1 saturated carbocycles. The Bertz CT molecular complexity index is 283. The van der Waals surface area contributed by atoms with Crippen molar-refractivity contribution in [2.45, 2.75) is 25.4 Å². The fourth-order valence-corrected chi connectivity index (χ4v) is 1.55. The average Bonchev–Trinajstić information content (AvgIpc) is 2.94. The largest absolute Gasteiger partial charge is 0.355 e. The van der Waals surface area contributed by atoms with Crippen molar-refractivity contribution < 1.29 is 0 Å². The number of rotatable bonds is 2. The van der Waals surface area contributed by atoms with E-state index in [2.05, 4.69) is 15.3 Å². The van der Waals surface area contributed by atoms with Crippen LogP contribution in [0, 0.1) is 5.92 Å². The lowest BCUT2D eigenvalue weighted by Gasteiger charge is -2.27. The molecule has 6 heteroatoms. The van der Waals surface area contributed by atoms with E-state index in [1.165, 1.54) is 5.01 Å².